The third-order valence-corrected chi connectivity index (χ3v) is 5.17. The van der Waals surface area contributed by atoms with E-state index in [9.17, 15) is 9.59 Å². The second-order valence-electron chi connectivity index (χ2n) is 6.47. The number of halogens is 1. The third kappa shape index (κ3) is 3.69. The van der Waals surface area contributed by atoms with Crippen molar-refractivity contribution in [3.8, 4) is 0 Å². The summed E-state index contributed by atoms with van der Waals surface area (Å²) < 4.78 is 0. The lowest BCUT2D eigenvalue weighted by atomic mass is 9.63. The van der Waals surface area contributed by atoms with Gasteiger partial charge in [0.1, 0.15) is 0 Å². The average Bonchev–Trinajstić information content (AvgIpc) is 2.54. The van der Waals surface area contributed by atoms with E-state index in [0.29, 0.717) is 11.6 Å². The molecule has 0 unspecified atom stereocenters. The van der Waals surface area contributed by atoms with Crippen molar-refractivity contribution >= 4 is 29.1 Å². The Labute approximate surface area is 152 Å². The smallest absolute Gasteiger partial charge is 0.230 e. The van der Waals surface area contributed by atoms with Crippen molar-refractivity contribution in [3.05, 3.63) is 64.7 Å². The topological polar surface area (TPSA) is 58.2 Å². The van der Waals surface area contributed by atoms with Crippen LogP contribution in [0.1, 0.15) is 37.3 Å². The molecule has 0 radical (unpaired) electrons. The molecular weight excluding hydrogens is 336 g/mol. The van der Waals surface area contributed by atoms with Crippen LogP contribution < -0.4 is 10.6 Å². The Morgan fingerprint density at radius 2 is 1.76 bits per heavy atom. The minimum Gasteiger partial charge on any atom is -0.351 e. The maximum absolute atomic E-state index is 12.9. The Morgan fingerprint density at radius 3 is 2.32 bits per heavy atom. The number of hydrogen-bond acceptors (Lipinski definition) is 2. The van der Waals surface area contributed by atoms with E-state index in [1.807, 2.05) is 48.5 Å². The van der Waals surface area contributed by atoms with Gasteiger partial charge in [-0.3, -0.25) is 9.59 Å². The molecule has 1 fully saturated rings. The number of carbonyl (C=O) groups is 2. The monoisotopic (exact) mass is 356 g/mol. The zero-order chi connectivity index (χ0) is 17.9. The zero-order valence-electron chi connectivity index (χ0n) is 14.1. The van der Waals surface area contributed by atoms with Crippen LogP contribution in [0.2, 0.25) is 5.02 Å². The van der Waals surface area contributed by atoms with E-state index >= 15 is 0 Å². The van der Waals surface area contributed by atoms with Gasteiger partial charge in [-0.1, -0.05) is 48.4 Å². The highest BCUT2D eigenvalue weighted by atomic mass is 35.5. The lowest BCUT2D eigenvalue weighted by Crippen LogP contribution is -2.49. The average molecular weight is 357 g/mol. The van der Waals surface area contributed by atoms with Crippen LogP contribution in [0.25, 0.3) is 0 Å². The largest absolute Gasteiger partial charge is 0.351 e. The van der Waals surface area contributed by atoms with Crippen molar-refractivity contribution < 1.29 is 9.59 Å². The molecule has 5 heteroatoms. The van der Waals surface area contributed by atoms with Gasteiger partial charge in [0.05, 0.1) is 5.41 Å². The van der Waals surface area contributed by atoms with Gasteiger partial charge in [0.15, 0.2) is 0 Å². The van der Waals surface area contributed by atoms with Gasteiger partial charge in [0.25, 0.3) is 0 Å². The van der Waals surface area contributed by atoms with Crippen LogP contribution in [0.4, 0.5) is 5.69 Å². The zero-order valence-corrected chi connectivity index (χ0v) is 14.9. The van der Waals surface area contributed by atoms with Crippen molar-refractivity contribution in [1.82, 2.24) is 5.32 Å². The summed E-state index contributed by atoms with van der Waals surface area (Å²) in [5.41, 5.74) is 2.16. The van der Waals surface area contributed by atoms with Crippen LogP contribution in [0, 0.1) is 0 Å². The molecule has 0 aromatic heterocycles. The van der Waals surface area contributed by atoms with E-state index < -0.39 is 5.41 Å². The van der Waals surface area contributed by atoms with Gasteiger partial charge >= 0.3 is 0 Å². The Morgan fingerprint density at radius 1 is 1.08 bits per heavy atom. The first kappa shape index (κ1) is 17.5. The Balaban J connectivity index is 1.72. The summed E-state index contributed by atoms with van der Waals surface area (Å²) in [4.78, 5) is 24.0. The number of rotatable bonds is 5. The van der Waals surface area contributed by atoms with Crippen molar-refractivity contribution in [3.63, 3.8) is 0 Å². The van der Waals surface area contributed by atoms with Crippen LogP contribution in [0.3, 0.4) is 0 Å². The van der Waals surface area contributed by atoms with Crippen molar-refractivity contribution in [1.29, 1.82) is 0 Å². The molecule has 0 aliphatic heterocycles. The summed E-state index contributed by atoms with van der Waals surface area (Å²) in [6, 6.07) is 15.1. The molecule has 1 saturated carbocycles. The molecule has 0 atom stereocenters. The summed E-state index contributed by atoms with van der Waals surface area (Å²) in [6.07, 6.45) is 2.70. The highest BCUT2D eigenvalue weighted by Gasteiger charge is 2.45. The fourth-order valence-corrected chi connectivity index (χ4v) is 3.44. The van der Waals surface area contributed by atoms with Gasteiger partial charge in [-0.05, 0) is 42.2 Å². The second kappa shape index (κ2) is 7.28. The first-order chi connectivity index (χ1) is 12.0. The summed E-state index contributed by atoms with van der Waals surface area (Å²) in [7, 11) is 0. The van der Waals surface area contributed by atoms with E-state index in [0.717, 1.165) is 36.1 Å². The molecule has 1 aliphatic carbocycles. The van der Waals surface area contributed by atoms with Crippen LogP contribution in [-0.2, 0) is 21.5 Å². The predicted octanol–water partition coefficient (Wildman–Crippen LogP) is 4.04. The molecular formula is C20H21ClN2O2. The molecule has 0 heterocycles. The van der Waals surface area contributed by atoms with Crippen molar-refractivity contribution in [2.75, 3.05) is 5.32 Å². The quantitative estimate of drug-likeness (QED) is 0.849. The van der Waals surface area contributed by atoms with Crippen molar-refractivity contribution in [2.24, 2.45) is 0 Å². The summed E-state index contributed by atoms with van der Waals surface area (Å²) in [5, 5.41) is 6.44. The standard InChI is InChI=1S/C20H21ClN2O2/c1-14(24)23-17-9-7-16(8-10-17)20(11-4-12-20)19(25)22-13-15-5-2-3-6-18(15)21/h2-3,5-10H,4,11-13H2,1H3,(H,22,25)(H,23,24). The lowest BCUT2D eigenvalue weighted by molar-refractivity contribution is -0.130. The minimum atomic E-state index is -0.476. The third-order valence-electron chi connectivity index (χ3n) is 4.80. The van der Waals surface area contributed by atoms with Gasteiger partial charge in [-0.2, -0.15) is 0 Å². The number of nitrogens with one attached hydrogen (secondary N) is 2. The maximum Gasteiger partial charge on any atom is 0.230 e. The Bertz CT molecular complexity index is 783. The first-order valence-corrected chi connectivity index (χ1v) is 8.79. The van der Waals surface area contributed by atoms with Crippen molar-refractivity contribution in [2.45, 2.75) is 38.1 Å². The molecule has 0 bridgehead atoms. The molecule has 0 saturated heterocycles. The van der Waals surface area contributed by atoms with Crippen LogP contribution in [0.15, 0.2) is 48.5 Å². The van der Waals surface area contributed by atoms with Crippen LogP contribution >= 0.6 is 11.6 Å². The molecule has 2 N–H and O–H groups in total. The Kier molecular flexibility index (Phi) is 5.09. The minimum absolute atomic E-state index is 0.0333. The van der Waals surface area contributed by atoms with Gasteiger partial charge < -0.3 is 10.6 Å². The van der Waals surface area contributed by atoms with E-state index in [4.69, 9.17) is 11.6 Å². The van der Waals surface area contributed by atoms with Gasteiger partial charge in [-0.15, -0.1) is 0 Å². The SMILES string of the molecule is CC(=O)Nc1ccc(C2(C(=O)NCc3ccccc3Cl)CCC2)cc1. The number of hydrogen-bond donors (Lipinski definition) is 2. The first-order valence-electron chi connectivity index (χ1n) is 8.41. The number of carbonyl (C=O) groups excluding carboxylic acids is 2. The molecule has 25 heavy (non-hydrogen) atoms. The van der Waals surface area contributed by atoms with E-state index in [1.165, 1.54) is 6.92 Å². The van der Waals surface area contributed by atoms with E-state index in [2.05, 4.69) is 10.6 Å². The predicted molar refractivity (Wildman–Crippen MR) is 99.6 cm³/mol. The molecule has 1 aliphatic rings. The Hall–Kier alpha value is -2.33. The van der Waals surface area contributed by atoms with Gasteiger partial charge in [0, 0.05) is 24.2 Å². The number of amides is 2. The van der Waals surface area contributed by atoms with Gasteiger partial charge in [-0.25, -0.2) is 0 Å². The molecule has 2 aromatic rings. The van der Waals surface area contributed by atoms with E-state index in [1.54, 1.807) is 0 Å². The van der Waals surface area contributed by atoms with Crippen LogP contribution in [0.5, 0.6) is 0 Å². The fourth-order valence-electron chi connectivity index (χ4n) is 3.24. The molecule has 130 valence electrons. The van der Waals surface area contributed by atoms with Crippen LogP contribution in [-0.4, -0.2) is 11.8 Å². The number of anilines is 1. The molecule has 3 rings (SSSR count). The summed E-state index contributed by atoms with van der Waals surface area (Å²) in [5.74, 6) is -0.0745. The molecule has 0 spiro atoms. The van der Waals surface area contributed by atoms with Gasteiger partial charge in [0.2, 0.25) is 11.8 Å². The second-order valence-corrected chi connectivity index (χ2v) is 6.88. The normalized spacial score (nSPS) is 15.1. The summed E-state index contributed by atoms with van der Waals surface area (Å²) >= 11 is 6.16. The molecule has 4 nitrogen and oxygen atoms in total. The number of benzene rings is 2. The molecule has 2 aromatic carbocycles. The highest BCUT2D eigenvalue weighted by Crippen LogP contribution is 2.44. The lowest BCUT2D eigenvalue weighted by Gasteiger charge is -2.40. The summed E-state index contributed by atoms with van der Waals surface area (Å²) in [6.45, 7) is 1.90. The highest BCUT2D eigenvalue weighted by molar-refractivity contribution is 6.31. The van der Waals surface area contributed by atoms with E-state index in [-0.39, 0.29) is 11.8 Å². The maximum atomic E-state index is 12.9. The fraction of sp³-hybridized carbons (Fsp3) is 0.300. The molecule has 2 amide bonds.